The zero-order valence-corrected chi connectivity index (χ0v) is 12.0. The second kappa shape index (κ2) is 5.85. The first kappa shape index (κ1) is 14.1. The summed E-state index contributed by atoms with van der Waals surface area (Å²) < 4.78 is 13.3. The number of urea groups is 1. The van der Waals surface area contributed by atoms with Crippen molar-refractivity contribution in [1.82, 2.24) is 15.3 Å². The van der Waals surface area contributed by atoms with Gasteiger partial charge in [-0.2, -0.15) is 0 Å². The fraction of sp³-hybridized carbons (Fsp3) is 0.125. The van der Waals surface area contributed by atoms with Gasteiger partial charge in [0.05, 0.1) is 11.0 Å². The Kier molecular flexibility index (Phi) is 3.74. The molecule has 0 aliphatic rings. The number of imidazole rings is 1. The number of carbonyl (C=O) groups excluding carboxylic acids is 1. The molecule has 6 heteroatoms. The van der Waals surface area contributed by atoms with Gasteiger partial charge in [0, 0.05) is 6.54 Å². The van der Waals surface area contributed by atoms with Gasteiger partial charge in [0.25, 0.3) is 0 Å². The van der Waals surface area contributed by atoms with E-state index in [0.717, 1.165) is 16.6 Å². The van der Waals surface area contributed by atoms with Crippen LogP contribution < -0.4 is 10.6 Å². The van der Waals surface area contributed by atoms with Crippen molar-refractivity contribution in [3.05, 3.63) is 48.3 Å². The number of H-pyrrole nitrogens is 1. The van der Waals surface area contributed by atoms with Crippen molar-refractivity contribution >= 4 is 23.0 Å². The maximum Gasteiger partial charge on any atom is 0.321 e. The van der Waals surface area contributed by atoms with Gasteiger partial charge in [-0.05, 0) is 42.3 Å². The summed E-state index contributed by atoms with van der Waals surface area (Å²) in [4.78, 5) is 18.8. The lowest BCUT2D eigenvalue weighted by molar-refractivity contribution is 0.252. The quantitative estimate of drug-likeness (QED) is 0.692. The van der Waals surface area contributed by atoms with Gasteiger partial charge >= 0.3 is 6.03 Å². The van der Waals surface area contributed by atoms with Crippen LogP contribution in [0.1, 0.15) is 6.92 Å². The zero-order valence-electron chi connectivity index (χ0n) is 12.0. The summed E-state index contributed by atoms with van der Waals surface area (Å²) in [5, 5.41) is 5.25. The molecule has 0 aliphatic heterocycles. The summed E-state index contributed by atoms with van der Waals surface area (Å²) in [6.07, 6.45) is 0. The van der Waals surface area contributed by atoms with Crippen LogP contribution in [0, 0.1) is 5.82 Å². The number of carbonyl (C=O) groups is 1. The Morgan fingerprint density at radius 1 is 1.23 bits per heavy atom. The third kappa shape index (κ3) is 2.90. The summed E-state index contributed by atoms with van der Waals surface area (Å²) in [5.41, 5.74) is 3.15. The highest BCUT2D eigenvalue weighted by Gasteiger charge is 2.07. The van der Waals surface area contributed by atoms with Gasteiger partial charge in [-0.1, -0.05) is 18.2 Å². The predicted molar refractivity (Wildman–Crippen MR) is 84.2 cm³/mol. The summed E-state index contributed by atoms with van der Waals surface area (Å²) in [7, 11) is 0. The molecule has 1 aromatic heterocycles. The number of hydrogen-bond donors (Lipinski definition) is 3. The normalized spacial score (nSPS) is 10.6. The van der Waals surface area contributed by atoms with E-state index >= 15 is 0 Å². The second-order valence-electron chi connectivity index (χ2n) is 4.81. The van der Waals surface area contributed by atoms with Gasteiger partial charge in [-0.25, -0.2) is 14.2 Å². The zero-order chi connectivity index (χ0) is 15.5. The van der Waals surface area contributed by atoms with E-state index in [1.165, 1.54) is 12.1 Å². The van der Waals surface area contributed by atoms with Crippen molar-refractivity contribution < 1.29 is 9.18 Å². The Hall–Kier alpha value is -2.89. The van der Waals surface area contributed by atoms with E-state index < -0.39 is 0 Å². The van der Waals surface area contributed by atoms with Gasteiger partial charge in [0.15, 0.2) is 0 Å². The molecule has 5 nitrogen and oxygen atoms in total. The van der Waals surface area contributed by atoms with E-state index in [1.807, 2.05) is 31.2 Å². The molecule has 0 unspecified atom stereocenters. The molecule has 0 spiro atoms. The van der Waals surface area contributed by atoms with Crippen LogP contribution in [0.25, 0.3) is 22.2 Å². The molecule has 112 valence electrons. The molecule has 3 rings (SSSR count). The van der Waals surface area contributed by atoms with Crippen molar-refractivity contribution in [2.75, 3.05) is 11.9 Å². The average molecular weight is 298 g/mol. The number of fused-ring (bicyclic) bond motifs is 1. The molecular formula is C16H15FN4O. The van der Waals surface area contributed by atoms with Crippen molar-refractivity contribution in [3.8, 4) is 11.1 Å². The Bertz CT molecular complexity index is 828. The topological polar surface area (TPSA) is 69.8 Å². The molecule has 2 aromatic carbocycles. The summed E-state index contributed by atoms with van der Waals surface area (Å²) >= 11 is 0. The molecule has 0 aliphatic carbocycles. The largest absolute Gasteiger partial charge is 0.338 e. The lowest BCUT2D eigenvalue weighted by atomic mass is 10.1. The highest BCUT2D eigenvalue weighted by Crippen LogP contribution is 2.24. The number of amides is 2. The number of anilines is 1. The van der Waals surface area contributed by atoms with E-state index in [9.17, 15) is 9.18 Å². The van der Waals surface area contributed by atoms with Gasteiger partial charge < -0.3 is 10.3 Å². The first-order valence-electron chi connectivity index (χ1n) is 6.96. The molecule has 22 heavy (non-hydrogen) atoms. The van der Waals surface area contributed by atoms with Crippen LogP contribution in [0.15, 0.2) is 42.5 Å². The summed E-state index contributed by atoms with van der Waals surface area (Å²) in [6, 6.07) is 11.7. The first-order valence-corrected chi connectivity index (χ1v) is 6.96. The van der Waals surface area contributed by atoms with E-state index in [0.29, 0.717) is 18.0 Å². The van der Waals surface area contributed by atoms with Crippen molar-refractivity contribution in [3.63, 3.8) is 0 Å². The molecule has 2 amide bonds. The number of aromatic nitrogens is 2. The molecule has 0 radical (unpaired) electrons. The minimum absolute atomic E-state index is 0.279. The van der Waals surface area contributed by atoms with Crippen LogP contribution in [0.2, 0.25) is 0 Å². The number of benzene rings is 2. The lowest BCUT2D eigenvalue weighted by Crippen LogP contribution is -2.28. The number of hydrogen-bond acceptors (Lipinski definition) is 2. The van der Waals surface area contributed by atoms with E-state index in [4.69, 9.17) is 0 Å². The number of nitrogens with zero attached hydrogens (tertiary/aromatic N) is 1. The number of aromatic amines is 1. The molecule has 1 heterocycles. The first-order chi connectivity index (χ1) is 10.7. The van der Waals surface area contributed by atoms with E-state index in [-0.39, 0.29) is 11.8 Å². The molecular weight excluding hydrogens is 283 g/mol. The fourth-order valence-electron chi connectivity index (χ4n) is 2.22. The third-order valence-electron chi connectivity index (χ3n) is 3.21. The van der Waals surface area contributed by atoms with E-state index in [2.05, 4.69) is 20.6 Å². The lowest BCUT2D eigenvalue weighted by Gasteiger charge is -2.01. The van der Waals surface area contributed by atoms with Crippen LogP contribution >= 0.6 is 0 Å². The Labute approximate surface area is 126 Å². The Balaban J connectivity index is 1.91. The Morgan fingerprint density at radius 2 is 2.05 bits per heavy atom. The maximum absolute atomic E-state index is 13.3. The molecule has 0 bridgehead atoms. The SMILES string of the molecule is CCNC(=O)Nc1nc2cc(-c3cccc(F)c3)ccc2[nH]1. The van der Waals surface area contributed by atoms with Crippen molar-refractivity contribution in [1.29, 1.82) is 0 Å². The molecule has 3 aromatic rings. The van der Waals surface area contributed by atoms with Crippen LogP contribution in [-0.2, 0) is 0 Å². The minimum Gasteiger partial charge on any atom is -0.338 e. The van der Waals surface area contributed by atoms with E-state index in [1.54, 1.807) is 6.07 Å². The van der Waals surface area contributed by atoms with Gasteiger partial charge in [0.2, 0.25) is 5.95 Å². The number of rotatable bonds is 3. The molecule has 0 saturated heterocycles. The van der Waals surface area contributed by atoms with Crippen molar-refractivity contribution in [2.24, 2.45) is 0 Å². The molecule has 0 saturated carbocycles. The highest BCUT2D eigenvalue weighted by atomic mass is 19.1. The number of nitrogens with one attached hydrogen (secondary N) is 3. The van der Waals surface area contributed by atoms with Crippen molar-refractivity contribution in [2.45, 2.75) is 6.92 Å². The molecule has 3 N–H and O–H groups in total. The smallest absolute Gasteiger partial charge is 0.321 e. The second-order valence-corrected chi connectivity index (χ2v) is 4.81. The average Bonchev–Trinajstić information content (AvgIpc) is 2.88. The highest BCUT2D eigenvalue weighted by molar-refractivity contribution is 5.90. The minimum atomic E-state index is -0.313. The molecule has 0 fully saturated rings. The van der Waals surface area contributed by atoms with Crippen LogP contribution in [0.5, 0.6) is 0 Å². The van der Waals surface area contributed by atoms with Crippen LogP contribution in [-0.4, -0.2) is 22.5 Å². The predicted octanol–water partition coefficient (Wildman–Crippen LogP) is 3.51. The van der Waals surface area contributed by atoms with Gasteiger partial charge in [-0.3, -0.25) is 5.32 Å². The molecule has 0 atom stereocenters. The third-order valence-corrected chi connectivity index (χ3v) is 3.21. The van der Waals surface area contributed by atoms with Crippen LogP contribution in [0.4, 0.5) is 15.1 Å². The summed E-state index contributed by atoms with van der Waals surface area (Å²) in [5.74, 6) is 0.0931. The van der Waals surface area contributed by atoms with Gasteiger partial charge in [0.1, 0.15) is 5.82 Å². The number of halogens is 1. The van der Waals surface area contributed by atoms with Gasteiger partial charge in [-0.15, -0.1) is 0 Å². The monoisotopic (exact) mass is 298 g/mol. The van der Waals surface area contributed by atoms with Crippen LogP contribution in [0.3, 0.4) is 0 Å². The maximum atomic E-state index is 13.3. The standard InChI is InChI=1S/C16H15FN4O/c1-2-18-16(22)21-15-19-13-7-6-11(9-14(13)20-15)10-4-3-5-12(17)8-10/h3-9H,2H2,1H3,(H3,18,19,20,21,22). The Morgan fingerprint density at radius 3 is 2.82 bits per heavy atom. The summed E-state index contributed by atoms with van der Waals surface area (Å²) in [6.45, 7) is 2.37. The fourth-order valence-corrected chi connectivity index (χ4v) is 2.22.